The molecule has 0 aromatic heterocycles. The summed E-state index contributed by atoms with van der Waals surface area (Å²) in [5, 5.41) is 3.27. The largest absolute Gasteiger partial charge is 0.366 e. The summed E-state index contributed by atoms with van der Waals surface area (Å²) in [5.41, 5.74) is 0.723. The summed E-state index contributed by atoms with van der Waals surface area (Å²) in [6.07, 6.45) is 0. The number of anilines is 1. The van der Waals surface area contributed by atoms with Crippen molar-refractivity contribution in [3.05, 3.63) is 29.3 Å². The van der Waals surface area contributed by atoms with E-state index in [4.69, 9.17) is 0 Å². The fraction of sp³-hybridized carbons (Fsp3) is 0.500. The predicted molar refractivity (Wildman–Crippen MR) is 60.8 cm³/mol. The Kier molecular flexibility index (Phi) is 3.10. The summed E-state index contributed by atoms with van der Waals surface area (Å²) >= 11 is 0. The van der Waals surface area contributed by atoms with Crippen molar-refractivity contribution in [1.29, 1.82) is 0 Å². The Bertz CT molecular complexity index is 393. The molecule has 1 fully saturated rings. The van der Waals surface area contributed by atoms with Gasteiger partial charge in [-0.05, 0) is 25.5 Å². The monoisotopic (exact) mass is 226 g/mol. The van der Waals surface area contributed by atoms with E-state index in [1.807, 2.05) is 11.8 Å². The van der Waals surface area contributed by atoms with Crippen molar-refractivity contribution in [2.24, 2.45) is 0 Å². The Hall–Kier alpha value is -1.16. The van der Waals surface area contributed by atoms with Gasteiger partial charge in [-0.15, -0.1) is 0 Å². The van der Waals surface area contributed by atoms with Gasteiger partial charge in [0, 0.05) is 25.7 Å². The average Bonchev–Trinajstić information content (AvgIpc) is 2.26. The fourth-order valence-electron chi connectivity index (χ4n) is 2.03. The first-order valence-corrected chi connectivity index (χ1v) is 5.52. The number of nitrogens with zero attached hydrogens (tertiary/aromatic N) is 1. The standard InChI is InChI=1S/C12H16F2N2/c1-8-3-4-10(12(14)11(8)13)16-6-5-15-9(2)7-16/h3-4,9,15H,5-7H2,1-2H3. The van der Waals surface area contributed by atoms with Crippen LogP contribution in [-0.2, 0) is 0 Å². The van der Waals surface area contributed by atoms with E-state index in [0.717, 1.165) is 6.54 Å². The van der Waals surface area contributed by atoms with E-state index in [2.05, 4.69) is 5.32 Å². The van der Waals surface area contributed by atoms with Crippen molar-refractivity contribution in [3.8, 4) is 0 Å². The van der Waals surface area contributed by atoms with Crippen molar-refractivity contribution in [2.45, 2.75) is 19.9 Å². The number of piperazine rings is 1. The molecule has 0 aliphatic carbocycles. The third-order valence-electron chi connectivity index (χ3n) is 2.96. The molecule has 0 saturated carbocycles. The topological polar surface area (TPSA) is 15.3 Å². The summed E-state index contributed by atoms with van der Waals surface area (Å²) in [6.45, 7) is 5.83. The second-order valence-corrected chi connectivity index (χ2v) is 4.33. The van der Waals surface area contributed by atoms with Crippen LogP contribution >= 0.6 is 0 Å². The van der Waals surface area contributed by atoms with Gasteiger partial charge in [-0.2, -0.15) is 0 Å². The van der Waals surface area contributed by atoms with Gasteiger partial charge >= 0.3 is 0 Å². The highest BCUT2D eigenvalue weighted by Gasteiger charge is 2.20. The molecule has 1 aliphatic rings. The van der Waals surface area contributed by atoms with Gasteiger partial charge in [-0.3, -0.25) is 0 Å². The molecule has 1 N–H and O–H groups in total. The Morgan fingerprint density at radius 1 is 1.31 bits per heavy atom. The van der Waals surface area contributed by atoms with Crippen LogP contribution in [0.25, 0.3) is 0 Å². The predicted octanol–water partition coefficient (Wildman–Crippen LogP) is 2.07. The number of rotatable bonds is 1. The highest BCUT2D eigenvalue weighted by atomic mass is 19.2. The normalized spacial score (nSPS) is 21.2. The number of aryl methyl sites for hydroxylation is 1. The van der Waals surface area contributed by atoms with E-state index in [1.165, 1.54) is 0 Å². The second kappa shape index (κ2) is 4.37. The molecule has 4 heteroatoms. The van der Waals surface area contributed by atoms with Gasteiger partial charge in [0.2, 0.25) is 0 Å². The lowest BCUT2D eigenvalue weighted by atomic mass is 10.1. The Morgan fingerprint density at radius 3 is 2.75 bits per heavy atom. The summed E-state index contributed by atoms with van der Waals surface area (Å²) in [5.74, 6) is -1.46. The van der Waals surface area contributed by atoms with Crippen LogP contribution in [0.2, 0.25) is 0 Å². The van der Waals surface area contributed by atoms with Crippen molar-refractivity contribution >= 4 is 5.69 Å². The summed E-state index contributed by atoms with van der Waals surface area (Å²) in [6, 6.07) is 3.59. The van der Waals surface area contributed by atoms with Crippen molar-refractivity contribution in [3.63, 3.8) is 0 Å². The Balaban J connectivity index is 2.29. The van der Waals surface area contributed by atoms with Crippen LogP contribution in [0.5, 0.6) is 0 Å². The second-order valence-electron chi connectivity index (χ2n) is 4.33. The Labute approximate surface area is 94.3 Å². The van der Waals surface area contributed by atoms with Crippen molar-refractivity contribution < 1.29 is 8.78 Å². The zero-order valence-corrected chi connectivity index (χ0v) is 9.56. The quantitative estimate of drug-likeness (QED) is 0.788. The minimum atomic E-state index is -0.733. The van der Waals surface area contributed by atoms with Crippen LogP contribution < -0.4 is 10.2 Å². The van der Waals surface area contributed by atoms with Crippen LogP contribution in [0.1, 0.15) is 12.5 Å². The molecule has 1 aliphatic heterocycles. The minimum absolute atomic E-state index is 0.303. The molecule has 2 nitrogen and oxygen atoms in total. The molecule has 16 heavy (non-hydrogen) atoms. The number of hydrogen-bond donors (Lipinski definition) is 1. The molecule has 1 atom stereocenters. The zero-order valence-electron chi connectivity index (χ0n) is 9.56. The van der Waals surface area contributed by atoms with Gasteiger partial charge in [0.05, 0.1) is 5.69 Å². The average molecular weight is 226 g/mol. The van der Waals surface area contributed by atoms with Gasteiger partial charge in [-0.1, -0.05) is 6.07 Å². The molecule has 88 valence electrons. The smallest absolute Gasteiger partial charge is 0.182 e. The van der Waals surface area contributed by atoms with Crippen LogP contribution in [0.4, 0.5) is 14.5 Å². The van der Waals surface area contributed by atoms with Gasteiger partial charge < -0.3 is 10.2 Å². The first kappa shape index (κ1) is 11.3. The molecule has 1 aromatic rings. The van der Waals surface area contributed by atoms with Crippen molar-refractivity contribution in [2.75, 3.05) is 24.5 Å². The molecular weight excluding hydrogens is 210 g/mol. The summed E-state index contributed by atoms with van der Waals surface area (Å²) in [7, 11) is 0. The summed E-state index contributed by atoms with van der Waals surface area (Å²) < 4.78 is 27.2. The third-order valence-corrected chi connectivity index (χ3v) is 2.96. The molecule has 0 spiro atoms. The van der Waals surface area contributed by atoms with Gasteiger partial charge in [0.25, 0.3) is 0 Å². The maximum atomic E-state index is 13.7. The first-order valence-electron chi connectivity index (χ1n) is 5.52. The molecule has 0 radical (unpaired) electrons. The zero-order chi connectivity index (χ0) is 11.7. The van der Waals surface area contributed by atoms with Crippen LogP contribution in [-0.4, -0.2) is 25.7 Å². The van der Waals surface area contributed by atoms with Crippen LogP contribution in [0, 0.1) is 18.6 Å². The van der Waals surface area contributed by atoms with E-state index >= 15 is 0 Å². The number of benzene rings is 1. The van der Waals surface area contributed by atoms with Gasteiger partial charge in [0.1, 0.15) is 0 Å². The van der Waals surface area contributed by atoms with E-state index in [0.29, 0.717) is 30.4 Å². The molecule has 2 rings (SSSR count). The van der Waals surface area contributed by atoms with E-state index in [9.17, 15) is 8.78 Å². The highest BCUT2D eigenvalue weighted by molar-refractivity contribution is 5.50. The van der Waals surface area contributed by atoms with E-state index in [1.54, 1.807) is 19.1 Å². The lowest BCUT2D eigenvalue weighted by Gasteiger charge is -2.33. The molecule has 1 aromatic carbocycles. The fourth-order valence-corrected chi connectivity index (χ4v) is 2.03. The number of hydrogen-bond acceptors (Lipinski definition) is 2. The first-order chi connectivity index (χ1) is 7.59. The SMILES string of the molecule is Cc1ccc(N2CCNC(C)C2)c(F)c1F. The molecule has 0 bridgehead atoms. The van der Waals surface area contributed by atoms with Crippen molar-refractivity contribution in [1.82, 2.24) is 5.32 Å². The highest BCUT2D eigenvalue weighted by Crippen LogP contribution is 2.24. The molecule has 0 amide bonds. The summed E-state index contributed by atoms with van der Waals surface area (Å²) in [4.78, 5) is 1.89. The maximum absolute atomic E-state index is 13.7. The molecule has 1 heterocycles. The minimum Gasteiger partial charge on any atom is -0.366 e. The van der Waals surface area contributed by atoms with Gasteiger partial charge in [0.15, 0.2) is 11.6 Å². The lowest BCUT2D eigenvalue weighted by Crippen LogP contribution is -2.49. The van der Waals surface area contributed by atoms with Crippen LogP contribution in [0.3, 0.4) is 0 Å². The molecule has 1 saturated heterocycles. The maximum Gasteiger partial charge on any atom is 0.182 e. The number of halogens is 2. The Morgan fingerprint density at radius 2 is 2.06 bits per heavy atom. The van der Waals surface area contributed by atoms with E-state index < -0.39 is 11.6 Å². The van der Waals surface area contributed by atoms with Gasteiger partial charge in [-0.25, -0.2) is 8.78 Å². The lowest BCUT2D eigenvalue weighted by molar-refractivity contribution is 0.465. The number of nitrogens with one attached hydrogen (secondary N) is 1. The molecule has 1 unspecified atom stereocenters. The van der Waals surface area contributed by atoms with E-state index in [-0.39, 0.29) is 0 Å². The molecular formula is C12H16F2N2. The van der Waals surface area contributed by atoms with Crippen LogP contribution in [0.15, 0.2) is 12.1 Å². The third kappa shape index (κ3) is 2.02.